The first-order valence-corrected chi connectivity index (χ1v) is 17.7. The molecule has 6 aromatic rings. The fourth-order valence-electron chi connectivity index (χ4n) is 5.88. The summed E-state index contributed by atoms with van der Waals surface area (Å²) in [6.45, 7) is 9.11. The van der Waals surface area contributed by atoms with Gasteiger partial charge in [0, 0.05) is 50.2 Å². The van der Waals surface area contributed by atoms with Crippen molar-refractivity contribution in [3.8, 4) is 0 Å². The van der Waals surface area contributed by atoms with Gasteiger partial charge in [-0.2, -0.15) is 0 Å². The predicted octanol–water partition coefficient (Wildman–Crippen LogP) is 9.47. The summed E-state index contributed by atoms with van der Waals surface area (Å²) < 4.78 is 2.28. The molecular weight excluding hydrogens is 641 g/mol. The third kappa shape index (κ3) is 7.82. The Labute approximate surface area is 296 Å². The molecule has 50 heavy (non-hydrogen) atoms. The van der Waals surface area contributed by atoms with Crippen molar-refractivity contribution in [1.82, 2.24) is 9.88 Å². The monoisotopic (exact) mass is 680 g/mol. The lowest BCUT2D eigenvalue weighted by molar-refractivity contribution is -0.115. The fraction of sp³-hybridized carbons (Fsp3) is 0.167. The SMILES string of the molecule is CCn1c2ccccc2c2cc(NC(=O)C(C)Sc3ccc(NC(=O)/C(=C/c4ccc(C(C)C)cc4)NC(=O)c4ccccc4)cc3)ccc21. The number of hydrogen-bond donors (Lipinski definition) is 3. The lowest BCUT2D eigenvalue weighted by Gasteiger charge is -2.14. The van der Waals surface area contributed by atoms with Crippen LogP contribution in [0.25, 0.3) is 27.9 Å². The standard InChI is InChI=1S/C42H40N4O3S/c1-5-46-38-14-10-9-13-35(38)36-26-33(21-24-39(36)46)44-40(47)28(4)50-34-22-19-32(20-23-34)43-42(49)37(45-41(48)31-11-7-6-8-12-31)25-29-15-17-30(18-16-29)27(2)3/h6-28H,5H2,1-4H3,(H,43,49)(H,44,47)(H,45,48)/b37-25-. The highest BCUT2D eigenvalue weighted by Gasteiger charge is 2.18. The third-order valence-corrected chi connectivity index (χ3v) is 9.71. The van der Waals surface area contributed by atoms with Gasteiger partial charge >= 0.3 is 0 Å². The Balaban J connectivity index is 1.12. The lowest BCUT2D eigenvalue weighted by Crippen LogP contribution is -2.30. The minimum Gasteiger partial charge on any atom is -0.341 e. The van der Waals surface area contributed by atoms with Gasteiger partial charge in [0.2, 0.25) is 5.91 Å². The van der Waals surface area contributed by atoms with E-state index >= 15 is 0 Å². The Morgan fingerprint density at radius 2 is 1.38 bits per heavy atom. The van der Waals surface area contributed by atoms with Crippen molar-refractivity contribution in [2.24, 2.45) is 0 Å². The van der Waals surface area contributed by atoms with Crippen molar-refractivity contribution < 1.29 is 14.4 Å². The maximum atomic E-state index is 13.5. The molecule has 7 nitrogen and oxygen atoms in total. The van der Waals surface area contributed by atoms with Crippen LogP contribution in [0, 0.1) is 0 Å². The number of para-hydroxylation sites is 1. The summed E-state index contributed by atoms with van der Waals surface area (Å²) in [6, 6.07) is 38.4. The van der Waals surface area contributed by atoms with Crippen LogP contribution in [0.3, 0.4) is 0 Å². The summed E-state index contributed by atoms with van der Waals surface area (Å²) in [5, 5.41) is 10.7. The van der Waals surface area contributed by atoms with Gasteiger partial charge in [0.1, 0.15) is 5.70 Å². The summed E-state index contributed by atoms with van der Waals surface area (Å²) >= 11 is 1.43. The molecule has 5 aromatic carbocycles. The molecule has 0 fully saturated rings. The molecule has 0 aliphatic carbocycles. The van der Waals surface area contributed by atoms with Gasteiger partial charge in [-0.25, -0.2) is 0 Å². The van der Waals surface area contributed by atoms with Gasteiger partial charge in [0.15, 0.2) is 0 Å². The van der Waals surface area contributed by atoms with Crippen molar-refractivity contribution in [2.75, 3.05) is 10.6 Å². The Morgan fingerprint density at radius 1 is 0.720 bits per heavy atom. The van der Waals surface area contributed by atoms with E-state index in [4.69, 9.17) is 0 Å². The molecule has 1 atom stereocenters. The average Bonchev–Trinajstić information content (AvgIpc) is 3.45. The van der Waals surface area contributed by atoms with E-state index in [9.17, 15) is 14.4 Å². The quantitative estimate of drug-likeness (QED) is 0.0939. The van der Waals surface area contributed by atoms with E-state index < -0.39 is 5.91 Å². The van der Waals surface area contributed by atoms with E-state index in [0.717, 1.165) is 39.0 Å². The number of carbonyl (C=O) groups excluding carboxylic acids is 3. The van der Waals surface area contributed by atoms with Crippen LogP contribution in [0.5, 0.6) is 0 Å². The van der Waals surface area contributed by atoms with E-state index in [2.05, 4.69) is 59.5 Å². The second-order valence-corrected chi connectivity index (χ2v) is 13.8. The van der Waals surface area contributed by atoms with Gasteiger partial charge in [-0.15, -0.1) is 11.8 Å². The maximum absolute atomic E-state index is 13.5. The van der Waals surface area contributed by atoms with Crippen LogP contribution < -0.4 is 16.0 Å². The molecule has 1 aromatic heterocycles. The minimum atomic E-state index is -0.450. The number of nitrogens with one attached hydrogen (secondary N) is 3. The van der Waals surface area contributed by atoms with Gasteiger partial charge < -0.3 is 20.5 Å². The van der Waals surface area contributed by atoms with Crippen LogP contribution in [0.2, 0.25) is 0 Å². The van der Waals surface area contributed by atoms with E-state index in [-0.39, 0.29) is 22.8 Å². The number of anilines is 2. The smallest absolute Gasteiger partial charge is 0.272 e. The number of amides is 3. The Morgan fingerprint density at radius 3 is 2.08 bits per heavy atom. The van der Waals surface area contributed by atoms with Crippen LogP contribution >= 0.6 is 11.8 Å². The summed E-state index contributed by atoms with van der Waals surface area (Å²) in [7, 11) is 0. The number of benzene rings is 5. The average molecular weight is 681 g/mol. The molecule has 8 heteroatoms. The fourth-order valence-corrected chi connectivity index (χ4v) is 6.74. The number of aromatic nitrogens is 1. The summed E-state index contributed by atoms with van der Waals surface area (Å²) in [5.41, 5.74) is 6.18. The molecule has 0 bridgehead atoms. The van der Waals surface area contributed by atoms with Gasteiger partial charge in [-0.1, -0.05) is 74.5 Å². The maximum Gasteiger partial charge on any atom is 0.272 e. The zero-order valence-electron chi connectivity index (χ0n) is 28.6. The Hall–Kier alpha value is -5.60. The first-order valence-electron chi connectivity index (χ1n) is 16.8. The number of hydrogen-bond acceptors (Lipinski definition) is 4. The van der Waals surface area contributed by atoms with Gasteiger partial charge in [0.05, 0.1) is 5.25 Å². The minimum absolute atomic E-state index is 0.101. The lowest BCUT2D eigenvalue weighted by atomic mass is 10.0. The molecular formula is C42H40N4O3S. The molecule has 6 rings (SSSR count). The van der Waals surface area contributed by atoms with Crippen LogP contribution in [-0.2, 0) is 16.1 Å². The Kier molecular flexibility index (Phi) is 10.5. The van der Waals surface area contributed by atoms with Crippen molar-refractivity contribution in [3.63, 3.8) is 0 Å². The molecule has 0 saturated heterocycles. The predicted molar refractivity (Wildman–Crippen MR) is 207 cm³/mol. The van der Waals surface area contributed by atoms with Crippen molar-refractivity contribution in [1.29, 1.82) is 0 Å². The molecule has 0 saturated carbocycles. The van der Waals surface area contributed by atoms with Crippen molar-refractivity contribution in [3.05, 3.63) is 144 Å². The second-order valence-electron chi connectivity index (χ2n) is 12.4. The van der Waals surface area contributed by atoms with Crippen LogP contribution in [0.4, 0.5) is 11.4 Å². The molecule has 3 amide bonds. The molecule has 0 radical (unpaired) electrons. The van der Waals surface area contributed by atoms with E-state index in [1.165, 1.54) is 22.8 Å². The van der Waals surface area contributed by atoms with Crippen LogP contribution in [0.15, 0.2) is 132 Å². The molecule has 3 N–H and O–H groups in total. The van der Waals surface area contributed by atoms with E-state index in [1.54, 1.807) is 42.5 Å². The highest BCUT2D eigenvalue weighted by atomic mass is 32.2. The third-order valence-electron chi connectivity index (χ3n) is 8.59. The number of rotatable bonds is 11. The second kappa shape index (κ2) is 15.3. The molecule has 0 aliphatic heterocycles. The van der Waals surface area contributed by atoms with Gasteiger partial charge in [0.25, 0.3) is 11.8 Å². The van der Waals surface area contributed by atoms with Crippen LogP contribution in [-0.4, -0.2) is 27.5 Å². The number of aryl methyl sites for hydroxylation is 1. The molecule has 0 spiro atoms. The van der Waals surface area contributed by atoms with Crippen molar-refractivity contribution in [2.45, 2.75) is 50.3 Å². The highest BCUT2D eigenvalue weighted by Crippen LogP contribution is 2.32. The topological polar surface area (TPSA) is 92.2 Å². The number of nitrogens with zero attached hydrogens (tertiary/aromatic N) is 1. The zero-order valence-corrected chi connectivity index (χ0v) is 29.4. The van der Waals surface area contributed by atoms with E-state index in [0.29, 0.717) is 17.2 Å². The van der Waals surface area contributed by atoms with E-state index in [1.807, 2.05) is 73.7 Å². The molecule has 0 aliphatic rings. The summed E-state index contributed by atoms with van der Waals surface area (Å²) in [5.74, 6) is -0.550. The summed E-state index contributed by atoms with van der Waals surface area (Å²) in [6.07, 6.45) is 1.67. The highest BCUT2D eigenvalue weighted by molar-refractivity contribution is 8.00. The number of carbonyl (C=O) groups is 3. The largest absolute Gasteiger partial charge is 0.341 e. The van der Waals surface area contributed by atoms with Gasteiger partial charge in [-0.05, 0) is 97.6 Å². The first kappa shape index (κ1) is 34.3. The van der Waals surface area contributed by atoms with Crippen molar-refractivity contribution >= 4 is 68.7 Å². The van der Waals surface area contributed by atoms with Crippen LogP contribution in [0.1, 0.15) is 55.1 Å². The molecule has 1 unspecified atom stereocenters. The summed E-state index contributed by atoms with van der Waals surface area (Å²) in [4.78, 5) is 40.6. The Bertz CT molecular complexity index is 2190. The molecule has 1 heterocycles. The van der Waals surface area contributed by atoms with Gasteiger partial charge in [-0.3, -0.25) is 14.4 Å². The number of fused-ring (bicyclic) bond motifs is 3. The normalized spacial score (nSPS) is 12.2. The molecule has 252 valence electrons. The first-order chi connectivity index (χ1) is 24.2. The number of thioether (sulfide) groups is 1. The zero-order chi connectivity index (χ0) is 35.2.